The van der Waals surface area contributed by atoms with Gasteiger partial charge in [-0.1, -0.05) is 0 Å². The largest absolute Gasteiger partial charge is 0.372 e. The zero-order valence-electron chi connectivity index (χ0n) is 10.3. The Morgan fingerprint density at radius 3 is 2.41 bits per heavy atom. The third-order valence-corrected chi connectivity index (χ3v) is 2.89. The van der Waals surface area contributed by atoms with E-state index in [2.05, 4.69) is 4.98 Å². The summed E-state index contributed by atoms with van der Waals surface area (Å²) in [6, 6.07) is 1.45. The number of ether oxygens (including phenoxy) is 1. The van der Waals surface area contributed by atoms with Crippen LogP contribution in [-0.4, -0.2) is 34.8 Å². The summed E-state index contributed by atoms with van der Waals surface area (Å²) in [4.78, 5) is 27.7. The maximum atomic E-state index is 11.6. The number of nitrogens with one attached hydrogen (secondary N) is 1. The normalized spacial score (nSPS) is 25.0. The second-order valence-corrected chi connectivity index (χ2v) is 4.52. The van der Waals surface area contributed by atoms with Gasteiger partial charge < -0.3 is 9.64 Å². The standard InChI is InChI=1S/C11H17N3O3/c1-7-5-14(6-8(2)17-7)9-4-10(15)13(3)11(16)12-9/h4,7-8H,5-6H2,1-3H3,(H,12,16). The summed E-state index contributed by atoms with van der Waals surface area (Å²) < 4.78 is 6.66. The highest BCUT2D eigenvalue weighted by molar-refractivity contribution is 5.37. The van der Waals surface area contributed by atoms with Gasteiger partial charge in [-0.05, 0) is 13.8 Å². The van der Waals surface area contributed by atoms with Gasteiger partial charge in [0.15, 0.2) is 0 Å². The van der Waals surface area contributed by atoms with Crippen LogP contribution in [0.5, 0.6) is 0 Å². The molecule has 0 radical (unpaired) electrons. The van der Waals surface area contributed by atoms with E-state index in [9.17, 15) is 9.59 Å². The van der Waals surface area contributed by atoms with Crippen LogP contribution in [0.4, 0.5) is 5.82 Å². The monoisotopic (exact) mass is 239 g/mol. The number of aromatic nitrogens is 2. The highest BCUT2D eigenvalue weighted by atomic mass is 16.5. The molecular weight excluding hydrogens is 222 g/mol. The minimum absolute atomic E-state index is 0.0892. The average molecular weight is 239 g/mol. The molecule has 0 aliphatic carbocycles. The van der Waals surface area contributed by atoms with Crippen LogP contribution in [0.15, 0.2) is 15.7 Å². The summed E-state index contributed by atoms with van der Waals surface area (Å²) in [5.74, 6) is 0.570. The first-order valence-electron chi connectivity index (χ1n) is 5.68. The fourth-order valence-corrected chi connectivity index (χ4v) is 2.09. The van der Waals surface area contributed by atoms with Crippen molar-refractivity contribution in [2.24, 2.45) is 7.05 Å². The zero-order valence-corrected chi connectivity index (χ0v) is 10.3. The Morgan fingerprint density at radius 1 is 1.29 bits per heavy atom. The molecule has 1 N–H and O–H groups in total. The lowest BCUT2D eigenvalue weighted by Gasteiger charge is -2.36. The van der Waals surface area contributed by atoms with Gasteiger partial charge in [-0.2, -0.15) is 0 Å². The van der Waals surface area contributed by atoms with Crippen LogP contribution >= 0.6 is 0 Å². The van der Waals surface area contributed by atoms with Crippen LogP contribution in [0.3, 0.4) is 0 Å². The van der Waals surface area contributed by atoms with Crippen molar-refractivity contribution in [3.8, 4) is 0 Å². The van der Waals surface area contributed by atoms with Crippen molar-refractivity contribution in [3.05, 3.63) is 26.9 Å². The van der Waals surface area contributed by atoms with Crippen LogP contribution in [0.1, 0.15) is 13.8 Å². The summed E-state index contributed by atoms with van der Waals surface area (Å²) in [6.45, 7) is 5.30. The fourth-order valence-electron chi connectivity index (χ4n) is 2.09. The summed E-state index contributed by atoms with van der Waals surface area (Å²) in [5, 5.41) is 0. The molecule has 2 unspecified atom stereocenters. The van der Waals surface area contributed by atoms with Gasteiger partial charge in [-0.3, -0.25) is 14.3 Å². The lowest BCUT2D eigenvalue weighted by molar-refractivity contribution is -0.00549. The Morgan fingerprint density at radius 2 is 1.88 bits per heavy atom. The third-order valence-electron chi connectivity index (χ3n) is 2.89. The van der Waals surface area contributed by atoms with Crippen LogP contribution in [0.2, 0.25) is 0 Å². The SMILES string of the molecule is CC1CN(c2cc(=O)n(C)c(=O)[nH]2)CC(C)O1. The molecule has 2 heterocycles. The molecule has 2 atom stereocenters. The first-order chi connectivity index (χ1) is 7.97. The number of H-pyrrole nitrogens is 1. The molecule has 1 aromatic rings. The number of hydrogen-bond donors (Lipinski definition) is 1. The lowest BCUT2D eigenvalue weighted by Crippen LogP contribution is -2.47. The van der Waals surface area contributed by atoms with Gasteiger partial charge in [-0.25, -0.2) is 4.79 Å². The molecule has 1 aliphatic heterocycles. The minimum Gasteiger partial charge on any atom is -0.372 e. The van der Waals surface area contributed by atoms with E-state index in [1.165, 1.54) is 13.1 Å². The molecule has 6 nitrogen and oxygen atoms in total. The van der Waals surface area contributed by atoms with Crippen LogP contribution in [0, 0.1) is 0 Å². The predicted molar refractivity (Wildman–Crippen MR) is 64.5 cm³/mol. The summed E-state index contributed by atoms with van der Waals surface area (Å²) in [5.41, 5.74) is -0.685. The topological polar surface area (TPSA) is 67.3 Å². The van der Waals surface area contributed by atoms with E-state index < -0.39 is 0 Å². The Hall–Kier alpha value is -1.56. The molecule has 2 rings (SSSR count). The molecule has 0 amide bonds. The Kier molecular flexibility index (Phi) is 3.06. The van der Waals surface area contributed by atoms with Gasteiger partial charge in [0.25, 0.3) is 5.56 Å². The minimum atomic E-state index is -0.390. The van der Waals surface area contributed by atoms with Crippen molar-refractivity contribution in [2.45, 2.75) is 26.1 Å². The quantitative estimate of drug-likeness (QED) is 0.730. The van der Waals surface area contributed by atoms with Gasteiger partial charge in [0.1, 0.15) is 5.82 Å². The first kappa shape index (κ1) is 11.9. The van der Waals surface area contributed by atoms with Gasteiger partial charge in [0, 0.05) is 26.2 Å². The highest BCUT2D eigenvalue weighted by Gasteiger charge is 2.23. The maximum absolute atomic E-state index is 11.6. The summed E-state index contributed by atoms with van der Waals surface area (Å²) >= 11 is 0. The number of aromatic amines is 1. The lowest BCUT2D eigenvalue weighted by atomic mass is 10.2. The highest BCUT2D eigenvalue weighted by Crippen LogP contribution is 2.15. The molecule has 1 saturated heterocycles. The molecular formula is C11H17N3O3. The van der Waals surface area contributed by atoms with Crippen molar-refractivity contribution < 1.29 is 4.74 Å². The number of hydrogen-bond acceptors (Lipinski definition) is 4. The van der Waals surface area contributed by atoms with Crippen LogP contribution < -0.4 is 16.1 Å². The van der Waals surface area contributed by atoms with Gasteiger partial charge in [0.05, 0.1) is 12.2 Å². The van der Waals surface area contributed by atoms with Gasteiger partial charge >= 0.3 is 5.69 Å². The number of morpholine rings is 1. The molecule has 0 saturated carbocycles. The van der Waals surface area contributed by atoms with Crippen LogP contribution in [-0.2, 0) is 11.8 Å². The molecule has 0 spiro atoms. The van der Waals surface area contributed by atoms with Crippen molar-refractivity contribution in [3.63, 3.8) is 0 Å². The van der Waals surface area contributed by atoms with Gasteiger partial charge in [0.2, 0.25) is 0 Å². The summed E-state index contributed by atoms with van der Waals surface area (Å²) in [6.07, 6.45) is 0.178. The third kappa shape index (κ3) is 2.41. The van der Waals surface area contributed by atoms with E-state index in [4.69, 9.17) is 4.74 Å². The molecule has 94 valence electrons. The zero-order chi connectivity index (χ0) is 12.6. The number of anilines is 1. The van der Waals surface area contributed by atoms with E-state index >= 15 is 0 Å². The molecule has 1 fully saturated rings. The van der Waals surface area contributed by atoms with Crippen LogP contribution in [0.25, 0.3) is 0 Å². The van der Waals surface area contributed by atoms with Crippen molar-refractivity contribution in [2.75, 3.05) is 18.0 Å². The molecule has 17 heavy (non-hydrogen) atoms. The molecule has 1 aliphatic rings. The molecule has 1 aromatic heterocycles. The van der Waals surface area contributed by atoms with E-state index in [0.717, 1.165) is 4.57 Å². The smallest absolute Gasteiger partial charge is 0.329 e. The first-order valence-corrected chi connectivity index (χ1v) is 5.68. The molecule has 0 aromatic carbocycles. The van der Waals surface area contributed by atoms with E-state index in [1.807, 2.05) is 18.7 Å². The summed E-state index contributed by atoms with van der Waals surface area (Å²) in [7, 11) is 1.45. The van der Waals surface area contributed by atoms with Crippen molar-refractivity contribution in [1.29, 1.82) is 0 Å². The number of nitrogens with zero attached hydrogens (tertiary/aromatic N) is 2. The average Bonchev–Trinajstić information content (AvgIpc) is 2.23. The van der Waals surface area contributed by atoms with E-state index in [-0.39, 0.29) is 23.5 Å². The van der Waals surface area contributed by atoms with E-state index in [0.29, 0.717) is 18.9 Å². The Bertz CT molecular complexity index is 478. The Balaban J connectivity index is 2.34. The fraction of sp³-hybridized carbons (Fsp3) is 0.636. The molecule has 6 heteroatoms. The maximum Gasteiger partial charge on any atom is 0.329 e. The Labute approximate surface area is 98.8 Å². The predicted octanol–water partition coefficient (Wildman–Crippen LogP) is -0.313. The second-order valence-electron chi connectivity index (χ2n) is 4.52. The van der Waals surface area contributed by atoms with E-state index in [1.54, 1.807) is 0 Å². The molecule has 0 bridgehead atoms. The van der Waals surface area contributed by atoms with Gasteiger partial charge in [-0.15, -0.1) is 0 Å². The number of rotatable bonds is 1. The van der Waals surface area contributed by atoms with Crippen molar-refractivity contribution >= 4 is 5.82 Å². The second kappa shape index (κ2) is 4.37. The van der Waals surface area contributed by atoms with Crippen molar-refractivity contribution in [1.82, 2.24) is 9.55 Å².